The highest BCUT2D eigenvalue weighted by Crippen LogP contribution is 2.25. The van der Waals surface area contributed by atoms with Gasteiger partial charge in [-0.2, -0.15) is 0 Å². The first kappa shape index (κ1) is 15.7. The highest BCUT2D eigenvalue weighted by Gasteiger charge is 2.12. The van der Waals surface area contributed by atoms with Crippen LogP contribution in [0.3, 0.4) is 0 Å². The SMILES string of the molecule is CN(C)CCNC(=O)COc1ccc([N+](=O)[O-])c(N)c1. The molecule has 8 heteroatoms. The maximum atomic E-state index is 11.5. The summed E-state index contributed by atoms with van der Waals surface area (Å²) < 4.78 is 5.21. The second-order valence-corrected chi connectivity index (χ2v) is 4.42. The maximum Gasteiger partial charge on any atom is 0.292 e. The molecule has 0 bridgehead atoms. The Kier molecular flexibility index (Phi) is 5.73. The van der Waals surface area contributed by atoms with Gasteiger partial charge in [0.25, 0.3) is 11.6 Å². The molecule has 1 aromatic carbocycles. The zero-order valence-electron chi connectivity index (χ0n) is 11.5. The van der Waals surface area contributed by atoms with E-state index < -0.39 is 4.92 Å². The van der Waals surface area contributed by atoms with E-state index in [4.69, 9.17) is 10.5 Å². The minimum atomic E-state index is -0.576. The number of anilines is 1. The van der Waals surface area contributed by atoms with Crippen LogP contribution in [0.15, 0.2) is 18.2 Å². The van der Waals surface area contributed by atoms with Gasteiger partial charge in [-0.15, -0.1) is 0 Å². The van der Waals surface area contributed by atoms with Crippen molar-refractivity contribution in [1.82, 2.24) is 10.2 Å². The third-order valence-corrected chi connectivity index (χ3v) is 2.45. The van der Waals surface area contributed by atoms with Crippen molar-refractivity contribution in [2.75, 3.05) is 39.5 Å². The molecule has 20 heavy (non-hydrogen) atoms. The average Bonchev–Trinajstić information content (AvgIpc) is 2.35. The molecule has 0 fully saturated rings. The molecule has 110 valence electrons. The van der Waals surface area contributed by atoms with E-state index in [1.54, 1.807) is 0 Å². The van der Waals surface area contributed by atoms with E-state index in [0.29, 0.717) is 12.3 Å². The molecule has 0 radical (unpaired) electrons. The Bertz CT molecular complexity index is 490. The van der Waals surface area contributed by atoms with Crippen molar-refractivity contribution in [3.8, 4) is 5.75 Å². The van der Waals surface area contributed by atoms with Crippen LogP contribution >= 0.6 is 0 Å². The number of carbonyl (C=O) groups excluding carboxylic acids is 1. The number of ether oxygens (including phenoxy) is 1. The van der Waals surface area contributed by atoms with Crippen LogP contribution in [0, 0.1) is 10.1 Å². The smallest absolute Gasteiger partial charge is 0.292 e. The van der Waals surface area contributed by atoms with Crippen LogP contribution in [-0.2, 0) is 4.79 Å². The summed E-state index contributed by atoms with van der Waals surface area (Å²) in [4.78, 5) is 23.4. The standard InChI is InChI=1S/C12H18N4O4/c1-15(2)6-5-14-12(17)8-20-9-3-4-11(16(18)19)10(13)7-9/h3-4,7H,5-6,8,13H2,1-2H3,(H,14,17). The minimum Gasteiger partial charge on any atom is -0.484 e. The van der Waals surface area contributed by atoms with Crippen molar-refractivity contribution in [3.63, 3.8) is 0 Å². The van der Waals surface area contributed by atoms with Gasteiger partial charge in [-0.05, 0) is 20.2 Å². The highest BCUT2D eigenvalue weighted by atomic mass is 16.6. The van der Waals surface area contributed by atoms with Crippen molar-refractivity contribution < 1.29 is 14.5 Å². The Balaban J connectivity index is 2.44. The molecule has 0 aliphatic heterocycles. The molecule has 0 atom stereocenters. The number of nitrogens with one attached hydrogen (secondary N) is 1. The van der Waals surface area contributed by atoms with E-state index in [9.17, 15) is 14.9 Å². The van der Waals surface area contributed by atoms with Gasteiger partial charge in [0.15, 0.2) is 6.61 Å². The van der Waals surface area contributed by atoms with Crippen molar-refractivity contribution in [2.45, 2.75) is 0 Å². The molecule has 3 N–H and O–H groups in total. The monoisotopic (exact) mass is 282 g/mol. The van der Waals surface area contributed by atoms with E-state index >= 15 is 0 Å². The molecule has 0 aliphatic rings. The van der Waals surface area contributed by atoms with E-state index in [-0.39, 0.29) is 23.9 Å². The summed E-state index contributed by atoms with van der Waals surface area (Å²) in [5.41, 5.74) is 5.33. The number of hydrogen-bond donors (Lipinski definition) is 2. The molecule has 0 heterocycles. The Labute approximate surface area is 116 Å². The lowest BCUT2D eigenvalue weighted by Crippen LogP contribution is -2.34. The molecular weight excluding hydrogens is 264 g/mol. The summed E-state index contributed by atoms with van der Waals surface area (Å²) in [6, 6.07) is 3.97. The van der Waals surface area contributed by atoms with Gasteiger partial charge in [0.1, 0.15) is 11.4 Å². The predicted molar refractivity (Wildman–Crippen MR) is 74.6 cm³/mol. The van der Waals surface area contributed by atoms with E-state index in [1.807, 2.05) is 19.0 Å². The van der Waals surface area contributed by atoms with Gasteiger partial charge in [-0.3, -0.25) is 14.9 Å². The molecule has 0 spiro atoms. The maximum absolute atomic E-state index is 11.5. The quantitative estimate of drug-likeness (QED) is 0.421. The molecule has 0 saturated heterocycles. The summed E-state index contributed by atoms with van der Waals surface area (Å²) in [5, 5.41) is 13.3. The summed E-state index contributed by atoms with van der Waals surface area (Å²) in [6.45, 7) is 1.10. The molecule has 0 aromatic heterocycles. The van der Waals surface area contributed by atoms with Crippen LogP contribution in [0.25, 0.3) is 0 Å². The van der Waals surface area contributed by atoms with E-state index in [0.717, 1.165) is 6.54 Å². The fourth-order valence-electron chi connectivity index (χ4n) is 1.41. The Hall–Kier alpha value is -2.35. The number of nitro benzene ring substituents is 1. The Morgan fingerprint density at radius 1 is 1.50 bits per heavy atom. The number of rotatable bonds is 7. The molecule has 0 aliphatic carbocycles. The van der Waals surface area contributed by atoms with Crippen LogP contribution in [0.1, 0.15) is 0 Å². The fraction of sp³-hybridized carbons (Fsp3) is 0.417. The first-order chi connectivity index (χ1) is 9.40. The van der Waals surface area contributed by atoms with Gasteiger partial charge in [0, 0.05) is 25.2 Å². The molecule has 1 amide bonds. The number of amides is 1. The van der Waals surface area contributed by atoms with Crippen molar-refractivity contribution in [1.29, 1.82) is 0 Å². The fourth-order valence-corrected chi connectivity index (χ4v) is 1.41. The second kappa shape index (κ2) is 7.29. The van der Waals surface area contributed by atoms with Gasteiger partial charge < -0.3 is 20.7 Å². The van der Waals surface area contributed by atoms with Crippen LogP contribution < -0.4 is 15.8 Å². The Morgan fingerprint density at radius 2 is 2.20 bits per heavy atom. The minimum absolute atomic E-state index is 0.000478. The van der Waals surface area contributed by atoms with Crippen LogP contribution in [0.5, 0.6) is 5.75 Å². The summed E-state index contributed by atoms with van der Waals surface area (Å²) in [5.74, 6) is 0.0552. The number of carbonyl (C=O) groups is 1. The van der Waals surface area contributed by atoms with Gasteiger partial charge >= 0.3 is 0 Å². The number of likely N-dealkylation sites (N-methyl/N-ethyl adjacent to an activating group) is 1. The van der Waals surface area contributed by atoms with Gasteiger partial charge in [0.05, 0.1) is 4.92 Å². The van der Waals surface area contributed by atoms with Gasteiger partial charge in [0.2, 0.25) is 0 Å². The van der Waals surface area contributed by atoms with Crippen molar-refractivity contribution in [3.05, 3.63) is 28.3 Å². The first-order valence-electron chi connectivity index (χ1n) is 5.98. The lowest BCUT2D eigenvalue weighted by Gasteiger charge is -2.11. The number of benzene rings is 1. The molecular formula is C12H18N4O4. The predicted octanol–water partition coefficient (Wildman–Crippen LogP) is 0.234. The summed E-state index contributed by atoms with van der Waals surface area (Å²) >= 11 is 0. The normalized spacial score (nSPS) is 10.3. The number of nitrogens with zero attached hydrogens (tertiary/aromatic N) is 2. The number of nitro groups is 1. The topological polar surface area (TPSA) is 111 Å². The third-order valence-electron chi connectivity index (χ3n) is 2.45. The van der Waals surface area contributed by atoms with Crippen molar-refractivity contribution >= 4 is 17.3 Å². The van der Waals surface area contributed by atoms with Gasteiger partial charge in [-0.1, -0.05) is 0 Å². The van der Waals surface area contributed by atoms with Crippen LogP contribution in [0.4, 0.5) is 11.4 Å². The largest absolute Gasteiger partial charge is 0.484 e. The zero-order chi connectivity index (χ0) is 15.1. The van der Waals surface area contributed by atoms with Crippen molar-refractivity contribution in [2.24, 2.45) is 0 Å². The molecule has 1 rings (SSSR count). The molecule has 8 nitrogen and oxygen atoms in total. The summed E-state index contributed by atoms with van der Waals surface area (Å²) in [6.07, 6.45) is 0. The lowest BCUT2D eigenvalue weighted by molar-refractivity contribution is -0.383. The zero-order valence-corrected chi connectivity index (χ0v) is 11.5. The number of nitrogens with two attached hydrogens (primary N) is 1. The van der Waals surface area contributed by atoms with Crippen LogP contribution in [-0.4, -0.2) is 49.5 Å². The van der Waals surface area contributed by atoms with E-state index in [1.165, 1.54) is 18.2 Å². The molecule has 1 aromatic rings. The average molecular weight is 282 g/mol. The summed E-state index contributed by atoms with van der Waals surface area (Å²) in [7, 11) is 3.81. The second-order valence-electron chi connectivity index (χ2n) is 4.42. The lowest BCUT2D eigenvalue weighted by atomic mass is 10.2. The highest BCUT2D eigenvalue weighted by molar-refractivity contribution is 5.77. The number of hydrogen-bond acceptors (Lipinski definition) is 6. The third kappa shape index (κ3) is 5.11. The molecule has 0 unspecified atom stereocenters. The first-order valence-corrected chi connectivity index (χ1v) is 5.98. The van der Waals surface area contributed by atoms with Crippen LogP contribution in [0.2, 0.25) is 0 Å². The number of nitrogen functional groups attached to an aromatic ring is 1. The van der Waals surface area contributed by atoms with Gasteiger partial charge in [-0.25, -0.2) is 0 Å². The van der Waals surface area contributed by atoms with E-state index in [2.05, 4.69) is 5.32 Å². The molecule has 0 saturated carbocycles. The Morgan fingerprint density at radius 3 is 2.75 bits per heavy atom.